The molecule has 2 aromatic rings. The Morgan fingerprint density at radius 2 is 1.95 bits per heavy atom. The van der Waals surface area contributed by atoms with Crippen LogP contribution in [-0.4, -0.2) is 23.8 Å². The summed E-state index contributed by atoms with van der Waals surface area (Å²) in [4.78, 5) is 27.8. The van der Waals surface area contributed by atoms with E-state index in [1.54, 1.807) is 43.7 Å². The Kier molecular flexibility index (Phi) is 5.65. The molecule has 0 aliphatic carbocycles. The minimum Gasteiger partial charge on any atom is -0.355 e. The largest absolute Gasteiger partial charge is 0.355 e. The number of nitrogens with one attached hydrogen (secondary N) is 2. The number of hydrogen-bond acceptors (Lipinski definition) is 3. The fourth-order valence-electron chi connectivity index (χ4n) is 2.14. The van der Waals surface area contributed by atoms with Crippen molar-refractivity contribution >= 4 is 17.5 Å². The highest BCUT2D eigenvalue weighted by Crippen LogP contribution is 2.15. The number of anilines is 1. The number of carbonyl (C=O) groups is 2. The molecular weight excluding hydrogens is 278 g/mol. The summed E-state index contributed by atoms with van der Waals surface area (Å²) in [6.07, 6.45) is 5.47. The van der Waals surface area contributed by atoms with Gasteiger partial charge in [0.2, 0.25) is 5.91 Å². The topological polar surface area (TPSA) is 71.1 Å². The average molecular weight is 297 g/mol. The summed E-state index contributed by atoms with van der Waals surface area (Å²) in [7, 11) is 1.56. The first-order valence-corrected chi connectivity index (χ1v) is 7.20. The highest BCUT2D eigenvalue weighted by Gasteiger charge is 2.11. The van der Waals surface area contributed by atoms with Crippen LogP contribution in [0, 0.1) is 0 Å². The fraction of sp³-hybridized carbons (Fsp3) is 0.235. The van der Waals surface area contributed by atoms with Crippen LogP contribution in [0.25, 0.3) is 0 Å². The minimum atomic E-state index is -0.216. The maximum Gasteiger partial charge on any atom is 0.253 e. The Hall–Kier alpha value is -2.69. The van der Waals surface area contributed by atoms with Crippen LogP contribution in [-0.2, 0) is 11.2 Å². The molecule has 0 bridgehead atoms. The molecule has 2 rings (SSSR count). The van der Waals surface area contributed by atoms with Crippen molar-refractivity contribution in [1.29, 1.82) is 0 Å². The van der Waals surface area contributed by atoms with Crippen LogP contribution < -0.4 is 10.6 Å². The lowest BCUT2D eigenvalue weighted by Crippen LogP contribution is -2.21. The van der Waals surface area contributed by atoms with Gasteiger partial charge in [-0.3, -0.25) is 14.6 Å². The summed E-state index contributed by atoms with van der Waals surface area (Å²) < 4.78 is 0. The molecule has 2 N–H and O–H groups in total. The first-order chi connectivity index (χ1) is 10.7. The van der Waals surface area contributed by atoms with Gasteiger partial charge < -0.3 is 10.6 Å². The summed E-state index contributed by atoms with van der Waals surface area (Å²) >= 11 is 0. The Balaban J connectivity index is 1.88. The number of aromatic nitrogens is 1. The number of carbonyl (C=O) groups excluding carboxylic acids is 2. The molecule has 22 heavy (non-hydrogen) atoms. The van der Waals surface area contributed by atoms with E-state index in [0.717, 1.165) is 18.4 Å². The van der Waals surface area contributed by atoms with Crippen LogP contribution in [0.1, 0.15) is 28.8 Å². The predicted octanol–water partition coefficient (Wildman–Crippen LogP) is 2.40. The van der Waals surface area contributed by atoms with Crippen molar-refractivity contribution in [1.82, 2.24) is 10.3 Å². The molecule has 1 heterocycles. The van der Waals surface area contributed by atoms with Crippen LogP contribution in [0.4, 0.5) is 5.69 Å². The summed E-state index contributed by atoms with van der Waals surface area (Å²) in [5.41, 5.74) is 2.11. The second-order valence-corrected chi connectivity index (χ2v) is 4.89. The second kappa shape index (κ2) is 7.93. The van der Waals surface area contributed by atoms with Crippen molar-refractivity contribution in [3.05, 3.63) is 59.9 Å². The number of benzene rings is 1. The molecule has 0 fully saturated rings. The quantitative estimate of drug-likeness (QED) is 0.860. The van der Waals surface area contributed by atoms with Gasteiger partial charge in [-0.05, 0) is 36.6 Å². The van der Waals surface area contributed by atoms with Gasteiger partial charge in [0.05, 0.1) is 11.3 Å². The van der Waals surface area contributed by atoms with Crippen LogP contribution in [0.3, 0.4) is 0 Å². The number of para-hydroxylation sites is 1. The molecule has 1 aromatic carbocycles. The zero-order valence-corrected chi connectivity index (χ0v) is 12.5. The van der Waals surface area contributed by atoms with Crippen molar-refractivity contribution in [2.45, 2.75) is 19.3 Å². The number of amides is 2. The molecule has 5 heteroatoms. The second-order valence-electron chi connectivity index (χ2n) is 4.89. The molecule has 0 saturated carbocycles. The lowest BCUT2D eigenvalue weighted by Gasteiger charge is -2.10. The third-order valence-electron chi connectivity index (χ3n) is 3.26. The molecule has 5 nitrogen and oxygen atoms in total. The normalized spacial score (nSPS) is 10.0. The van der Waals surface area contributed by atoms with E-state index in [9.17, 15) is 9.59 Å². The van der Waals surface area contributed by atoms with Gasteiger partial charge in [0.15, 0.2) is 0 Å². The SMILES string of the molecule is CNC(=O)c1ccccc1NC(=O)CCCc1cccnc1. The van der Waals surface area contributed by atoms with Gasteiger partial charge in [-0.25, -0.2) is 0 Å². The Labute approximate surface area is 129 Å². The molecule has 0 aliphatic heterocycles. The molecule has 114 valence electrons. The van der Waals surface area contributed by atoms with Crippen molar-refractivity contribution in [3.63, 3.8) is 0 Å². The highest BCUT2D eigenvalue weighted by atomic mass is 16.2. The van der Waals surface area contributed by atoms with Gasteiger partial charge >= 0.3 is 0 Å². The third-order valence-corrected chi connectivity index (χ3v) is 3.26. The number of rotatable bonds is 6. The standard InChI is InChI=1S/C17H19N3O2/c1-18-17(22)14-8-2-3-9-15(14)20-16(21)10-4-6-13-7-5-11-19-12-13/h2-3,5,7-9,11-12H,4,6,10H2,1H3,(H,18,22)(H,20,21). The maximum absolute atomic E-state index is 12.0. The lowest BCUT2D eigenvalue weighted by molar-refractivity contribution is -0.116. The van der Waals surface area contributed by atoms with E-state index in [2.05, 4.69) is 15.6 Å². The third kappa shape index (κ3) is 4.41. The van der Waals surface area contributed by atoms with Gasteiger partial charge in [-0.1, -0.05) is 18.2 Å². The van der Waals surface area contributed by atoms with Gasteiger partial charge in [-0.15, -0.1) is 0 Å². The number of aryl methyl sites for hydroxylation is 1. The van der Waals surface area contributed by atoms with Crippen molar-refractivity contribution in [2.24, 2.45) is 0 Å². The maximum atomic E-state index is 12.0. The van der Waals surface area contributed by atoms with Crippen molar-refractivity contribution < 1.29 is 9.59 Å². The van der Waals surface area contributed by atoms with E-state index in [0.29, 0.717) is 17.7 Å². The predicted molar refractivity (Wildman–Crippen MR) is 85.6 cm³/mol. The first kappa shape index (κ1) is 15.7. The smallest absolute Gasteiger partial charge is 0.253 e. The number of pyridine rings is 1. The number of hydrogen-bond donors (Lipinski definition) is 2. The van der Waals surface area contributed by atoms with E-state index in [1.807, 2.05) is 12.1 Å². The van der Waals surface area contributed by atoms with E-state index in [1.165, 1.54) is 0 Å². The minimum absolute atomic E-state index is 0.0970. The van der Waals surface area contributed by atoms with Gasteiger partial charge in [0, 0.05) is 25.9 Å². The zero-order valence-electron chi connectivity index (χ0n) is 12.5. The molecular formula is C17H19N3O2. The summed E-state index contributed by atoms with van der Waals surface area (Å²) in [5.74, 6) is -0.313. The number of nitrogens with zero attached hydrogens (tertiary/aromatic N) is 1. The Bertz CT molecular complexity index is 641. The summed E-state index contributed by atoms with van der Waals surface area (Å²) in [6.45, 7) is 0. The molecule has 0 spiro atoms. The summed E-state index contributed by atoms with van der Waals surface area (Å²) in [5, 5.41) is 5.36. The average Bonchev–Trinajstić information content (AvgIpc) is 2.55. The Morgan fingerprint density at radius 1 is 1.14 bits per heavy atom. The van der Waals surface area contributed by atoms with E-state index >= 15 is 0 Å². The highest BCUT2D eigenvalue weighted by molar-refractivity contribution is 6.03. The molecule has 2 amide bonds. The van der Waals surface area contributed by atoms with E-state index in [4.69, 9.17) is 0 Å². The van der Waals surface area contributed by atoms with Crippen LogP contribution in [0.5, 0.6) is 0 Å². The molecule has 0 saturated heterocycles. The molecule has 0 radical (unpaired) electrons. The molecule has 0 unspecified atom stereocenters. The molecule has 0 aliphatic rings. The molecule has 1 aromatic heterocycles. The first-order valence-electron chi connectivity index (χ1n) is 7.20. The van der Waals surface area contributed by atoms with Crippen LogP contribution in [0.15, 0.2) is 48.8 Å². The van der Waals surface area contributed by atoms with E-state index in [-0.39, 0.29) is 11.8 Å². The van der Waals surface area contributed by atoms with Gasteiger partial charge in [-0.2, -0.15) is 0 Å². The monoisotopic (exact) mass is 297 g/mol. The van der Waals surface area contributed by atoms with E-state index < -0.39 is 0 Å². The Morgan fingerprint density at radius 3 is 2.68 bits per heavy atom. The van der Waals surface area contributed by atoms with Crippen LogP contribution in [0.2, 0.25) is 0 Å². The lowest BCUT2D eigenvalue weighted by atomic mass is 10.1. The van der Waals surface area contributed by atoms with Crippen molar-refractivity contribution in [3.8, 4) is 0 Å². The molecule has 0 atom stereocenters. The van der Waals surface area contributed by atoms with Gasteiger partial charge in [0.1, 0.15) is 0 Å². The zero-order chi connectivity index (χ0) is 15.8. The fourth-order valence-corrected chi connectivity index (χ4v) is 2.14. The van der Waals surface area contributed by atoms with Gasteiger partial charge in [0.25, 0.3) is 5.91 Å². The van der Waals surface area contributed by atoms with Crippen LogP contribution >= 0.6 is 0 Å². The summed E-state index contributed by atoms with van der Waals surface area (Å²) in [6, 6.07) is 10.8. The van der Waals surface area contributed by atoms with Crippen molar-refractivity contribution in [2.75, 3.05) is 12.4 Å².